The molecule has 0 aliphatic heterocycles. The number of rotatable bonds is 4. The minimum atomic E-state index is -0.893. The second-order valence-corrected chi connectivity index (χ2v) is 5.25. The van der Waals surface area contributed by atoms with Crippen LogP contribution < -0.4 is 5.32 Å². The van der Waals surface area contributed by atoms with Crippen LogP contribution in [-0.2, 0) is 0 Å². The van der Waals surface area contributed by atoms with E-state index in [4.69, 9.17) is 28.5 Å². The maximum Gasteiger partial charge on any atom is 0.143 e. The number of benzene rings is 2. The van der Waals surface area contributed by atoms with E-state index < -0.39 is 11.9 Å². The van der Waals surface area contributed by atoms with Gasteiger partial charge in [-0.05, 0) is 35.9 Å². The monoisotopic (exact) mass is 324 g/mol. The van der Waals surface area contributed by atoms with Crippen molar-refractivity contribution in [2.75, 3.05) is 11.9 Å². The van der Waals surface area contributed by atoms with Crippen molar-refractivity contribution in [2.24, 2.45) is 0 Å². The Morgan fingerprint density at radius 1 is 1.24 bits per heavy atom. The van der Waals surface area contributed by atoms with Crippen LogP contribution in [0.25, 0.3) is 0 Å². The van der Waals surface area contributed by atoms with E-state index in [1.54, 1.807) is 30.3 Å². The maximum absolute atomic E-state index is 13.4. The molecule has 3 nitrogen and oxygen atoms in total. The molecule has 0 heterocycles. The van der Waals surface area contributed by atoms with Gasteiger partial charge >= 0.3 is 0 Å². The molecule has 0 amide bonds. The number of halogens is 3. The topological polar surface area (TPSA) is 56.0 Å². The zero-order valence-electron chi connectivity index (χ0n) is 10.8. The quantitative estimate of drug-likeness (QED) is 0.888. The highest BCUT2D eigenvalue weighted by Crippen LogP contribution is 2.24. The maximum atomic E-state index is 13.4. The summed E-state index contributed by atoms with van der Waals surface area (Å²) in [4.78, 5) is 0. The van der Waals surface area contributed by atoms with E-state index in [2.05, 4.69) is 5.32 Å². The largest absolute Gasteiger partial charge is 0.387 e. The molecule has 0 fully saturated rings. The number of nitrogens with one attached hydrogen (secondary N) is 1. The van der Waals surface area contributed by atoms with E-state index in [-0.39, 0.29) is 12.1 Å². The van der Waals surface area contributed by atoms with Crippen LogP contribution in [0.5, 0.6) is 0 Å². The zero-order valence-corrected chi connectivity index (χ0v) is 12.3. The van der Waals surface area contributed by atoms with Gasteiger partial charge < -0.3 is 10.4 Å². The van der Waals surface area contributed by atoms with E-state index in [9.17, 15) is 9.50 Å². The summed E-state index contributed by atoms with van der Waals surface area (Å²) >= 11 is 11.7. The Labute approximate surface area is 131 Å². The van der Waals surface area contributed by atoms with Crippen LogP contribution in [-0.4, -0.2) is 11.7 Å². The van der Waals surface area contributed by atoms with Gasteiger partial charge in [0.05, 0.1) is 11.8 Å². The van der Waals surface area contributed by atoms with Crippen molar-refractivity contribution in [3.63, 3.8) is 0 Å². The van der Waals surface area contributed by atoms with Gasteiger partial charge in [-0.3, -0.25) is 0 Å². The van der Waals surface area contributed by atoms with Gasteiger partial charge in [-0.2, -0.15) is 5.26 Å². The van der Waals surface area contributed by atoms with Crippen molar-refractivity contribution in [1.82, 2.24) is 0 Å². The molecule has 2 rings (SSSR count). The first-order valence-corrected chi connectivity index (χ1v) is 6.83. The van der Waals surface area contributed by atoms with Crippen molar-refractivity contribution in [1.29, 1.82) is 5.26 Å². The fourth-order valence-corrected chi connectivity index (χ4v) is 2.42. The van der Waals surface area contributed by atoms with Crippen molar-refractivity contribution in [3.8, 4) is 6.07 Å². The predicted molar refractivity (Wildman–Crippen MR) is 81.0 cm³/mol. The average Bonchev–Trinajstić information content (AvgIpc) is 2.43. The van der Waals surface area contributed by atoms with Crippen LogP contribution in [0.3, 0.4) is 0 Å². The van der Waals surface area contributed by atoms with Gasteiger partial charge in [0.25, 0.3) is 0 Å². The molecule has 0 spiro atoms. The third-order valence-electron chi connectivity index (χ3n) is 2.88. The van der Waals surface area contributed by atoms with Crippen molar-refractivity contribution in [2.45, 2.75) is 6.10 Å². The Balaban J connectivity index is 2.13. The number of aliphatic hydroxyl groups is 1. The first-order chi connectivity index (χ1) is 10.0. The fraction of sp³-hybridized carbons (Fsp3) is 0.133. The van der Waals surface area contributed by atoms with Gasteiger partial charge in [0.1, 0.15) is 17.4 Å². The lowest BCUT2D eigenvalue weighted by molar-refractivity contribution is 0.191. The summed E-state index contributed by atoms with van der Waals surface area (Å²) in [5, 5.41) is 22.7. The summed E-state index contributed by atoms with van der Waals surface area (Å²) < 4.78 is 13.4. The van der Waals surface area contributed by atoms with Gasteiger partial charge in [-0.1, -0.05) is 29.3 Å². The first-order valence-electron chi connectivity index (χ1n) is 6.08. The Morgan fingerprint density at radius 2 is 1.90 bits per heavy atom. The van der Waals surface area contributed by atoms with Gasteiger partial charge in [0.2, 0.25) is 0 Å². The Hall–Kier alpha value is -1.80. The lowest BCUT2D eigenvalue weighted by Crippen LogP contribution is -2.13. The third kappa shape index (κ3) is 3.85. The Bertz CT molecular complexity index is 680. The highest BCUT2D eigenvalue weighted by atomic mass is 35.5. The minimum absolute atomic E-state index is 0.0890. The normalized spacial score (nSPS) is 11.8. The summed E-state index contributed by atoms with van der Waals surface area (Å²) in [6.07, 6.45) is -0.893. The number of hydrogen-bond donors (Lipinski definition) is 2. The average molecular weight is 325 g/mol. The van der Waals surface area contributed by atoms with Crippen LogP contribution in [0.15, 0.2) is 36.4 Å². The molecule has 0 radical (unpaired) electrons. The number of aliphatic hydroxyl groups excluding tert-OH is 1. The molecule has 0 saturated heterocycles. The molecule has 0 saturated carbocycles. The molecule has 0 bridgehead atoms. The van der Waals surface area contributed by atoms with Crippen molar-refractivity contribution >= 4 is 28.9 Å². The van der Waals surface area contributed by atoms with Gasteiger partial charge in [-0.25, -0.2) is 4.39 Å². The summed E-state index contributed by atoms with van der Waals surface area (Å²) in [5.74, 6) is -0.609. The molecule has 0 aromatic heterocycles. The molecule has 1 atom stereocenters. The molecule has 21 heavy (non-hydrogen) atoms. The summed E-state index contributed by atoms with van der Waals surface area (Å²) in [7, 11) is 0. The highest BCUT2D eigenvalue weighted by Gasteiger charge is 2.12. The van der Waals surface area contributed by atoms with E-state index in [0.29, 0.717) is 21.3 Å². The molecular weight excluding hydrogens is 314 g/mol. The van der Waals surface area contributed by atoms with E-state index in [1.165, 1.54) is 12.1 Å². The third-order valence-corrected chi connectivity index (χ3v) is 3.32. The number of hydrogen-bond acceptors (Lipinski definition) is 3. The number of nitrogens with zero attached hydrogens (tertiary/aromatic N) is 1. The van der Waals surface area contributed by atoms with Gasteiger partial charge in [0, 0.05) is 16.6 Å². The van der Waals surface area contributed by atoms with Crippen LogP contribution in [0, 0.1) is 17.1 Å². The van der Waals surface area contributed by atoms with Gasteiger partial charge in [-0.15, -0.1) is 0 Å². The molecule has 1 unspecified atom stereocenters. The zero-order chi connectivity index (χ0) is 15.4. The molecule has 2 N–H and O–H groups in total. The first kappa shape index (κ1) is 15.6. The van der Waals surface area contributed by atoms with Crippen LogP contribution in [0.2, 0.25) is 10.0 Å². The smallest absolute Gasteiger partial charge is 0.143 e. The van der Waals surface area contributed by atoms with Crippen LogP contribution in [0.1, 0.15) is 17.2 Å². The minimum Gasteiger partial charge on any atom is -0.387 e. The van der Waals surface area contributed by atoms with E-state index in [0.717, 1.165) is 0 Å². The summed E-state index contributed by atoms with van der Waals surface area (Å²) in [6, 6.07) is 10.8. The Kier molecular flexibility index (Phi) is 5.03. The summed E-state index contributed by atoms with van der Waals surface area (Å²) in [6.45, 7) is 0.0921. The van der Waals surface area contributed by atoms with Crippen molar-refractivity contribution in [3.05, 3.63) is 63.4 Å². The molecular formula is C15H11Cl2FN2O. The lowest BCUT2D eigenvalue weighted by Gasteiger charge is -2.15. The van der Waals surface area contributed by atoms with Gasteiger partial charge in [0.15, 0.2) is 0 Å². The fourth-order valence-electron chi connectivity index (χ4n) is 1.88. The summed E-state index contributed by atoms with van der Waals surface area (Å²) in [5.41, 5.74) is 0.772. The molecule has 6 heteroatoms. The van der Waals surface area contributed by atoms with Crippen LogP contribution in [0.4, 0.5) is 10.1 Å². The second kappa shape index (κ2) is 6.77. The second-order valence-electron chi connectivity index (χ2n) is 4.37. The predicted octanol–water partition coefficient (Wildman–Crippen LogP) is 4.15. The Morgan fingerprint density at radius 3 is 2.52 bits per heavy atom. The van der Waals surface area contributed by atoms with Crippen molar-refractivity contribution < 1.29 is 9.50 Å². The van der Waals surface area contributed by atoms with E-state index in [1.807, 2.05) is 0 Å². The number of nitriles is 1. The standard InChI is InChI=1S/C15H11Cl2FN2O/c16-10-4-9(5-11(17)6-10)15(21)8-20-14-3-1-2-13(18)12(14)7-19/h1-6,15,20-21H,8H2. The van der Waals surface area contributed by atoms with E-state index >= 15 is 0 Å². The SMILES string of the molecule is N#Cc1c(F)cccc1NCC(O)c1cc(Cl)cc(Cl)c1. The molecule has 0 aliphatic carbocycles. The lowest BCUT2D eigenvalue weighted by atomic mass is 10.1. The number of anilines is 1. The molecule has 108 valence electrons. The molecule has 0 aliphatic rings. The van der Waals surface area contributed by atoms with Crippen LogP contribution >= 0.6 is 23.2 Å². The highest BCUT2D eigenvalue weighted by molar-refractivity contribution is 6.34. The molecule has 2 aromatic rings. The molecule has 2 aromatic carbocycles.